The van der Waals surface area contributed by atoms with Crippen LogP contribution in [0.5, 0.6) is 5.75 Å². The summed E-state index contributed by atoms with van der Waals surface area (Å²) in [5.74, 6) is 1.36. The van der Waals surface area contributed by atoms with Crippen LogP contribution < -0.4 is 11.0 Å². The zero-order valence-electron chi connectivity index (χ0n) is 22.2. The maximum atomic E-state index is 12.6. The van der Waals surface area contributed by atoms with Gasteiger partial charge in [-0.25, -0.2) is 0 Å². The number of hydrogen-bond acceptors (Lipinski definition) is 7. The molecule has 39 heavy (non-hydrogen) atoms. The molecule has 3 aromatic rings. The number of nitrogens with zero attached hydrogens (tertiary/aromatic N) is 4. The first-order valence-electron chi connectivity index (χ1n) is 13.9. The smallest absolute Gasteiger partial charge is 0.250 e. The number of piperazine rings is 1. The summed E-state index contributed by atoms with van der Waals surface area (Å²) in [5.41, 5.74) is 2.00. The van der Waals surface area contributed by atoms with E-state index in [1.54, 1.807) is 6.07 Å². The van der Waals surface area contributed by atoms with Crippen LogP contribution in [0.3, 0.4) is 0 Å². The monoisotopic (exact) mass is 528 g/mol. The van der Waals surface area contributed by atoms with Crippen LogP contribution in [-0.2, 0) is 19.6 Å². The summed E-state index contributed by atoms with van der Waals surface area (Å²) < 4.78 is 8.06. The third-order valence-corrected chi connectivity index (χ3v) is 8.28. The molecule has 8 heteroatoms. The molecule has 2 unspecified atom stereocenters. The minimum absolute atomic E-state index is 0.0781. The molecular formula is C31H36N4O4. The van der Waals surface area contributed by atoms with E-state index in [0.29, 0.717) is 36.4 Å². The number of benzene rings is 1. The summed E-state index contributed by atoms with van der Waals surface area (Å²) in [6.07, 6.45) is 5.43. The maximum absolute atomic E-state index is 12.6. The largest absolute Gasteiger partial charge is 0.502 e. The normalized spacial score (nSPS) is 22.3. The predicted molar refractivity (Wildman–Crippen MR) is 151 cm³/mol. The number of likely N-dealkylation sites (tertiary alicyclic amines) is 1. The van der Waals surface area contributed by atoms with Gasteiger partial charge in [-0.1, -0.05) is 48.6 Å². The zero-order valence-corrected chi connectivity index (χ0v) is 22.2. The molecule has 1 N–H and O–H groups in total. The lowest BCUT2D eigenvalue weighted by Crippen LogP contribution is -2.46. The van der Waals surface area contributed by atoms with E-state index in [1.807, 2.05) is 28.8 Å². The highest BCUT2D eigenvalue weighted by Crippen LogP contribution is 2.35. The van der Waals surface area contributed by atoms with E-state index in [4.69, 9.17) is 4.42 Å². The van der Waals surface area contributed by atoms with E-state index >= 15 is 0 Å². The summed E-state index contributed by atoms with van der Waals surface area (Å²) in [4.78, 5) is 31.9. The molecule has 0 amide bonds. The van der Waals surface area contributed by atoms with Crippen LogP contribution in [0.4, 0.5) is 0 Å². The zero-order chi connectivity index (χ0) is 26.8. The van der Waals surface area contributed by atoms with Crippen molar-refractivity contribution in [3.05, 3.63) is 104 Å². The van der Waals surface area contributed by atoms with Crippen LogP contribution in [0.25, 0.3) is 6.08 Å². The van der Waals surface area contributed by atoms with Gasteiger partial charge < -0.3 is 14.1 Å². The SMILES string of the molecule is O=c1cc(CN2CC3CC(C2)c2cccc(=O)n2C3)oc(CN2CCN(CC=Cc3ccccc3)CC2)c1O. The van der Waals surface area contributed by atoms with Gasteiger partial charge in [0.05, 0.1) is 13.1 Å². The Bertz CT molecular complexity index is 1440. The number of aromatic hydroxyl groups is 1. The molecule has 1 aromatic carbocycles. The second-order valence-corrected chi connectivity index (χ2v) is 11.1. The van der Waals surface area contributed by atoms with Crippen molar-refractivity contribution in [3.63, 3.8) is 0 Å². The Kier molecular flexibility index (Phi) is 7.50. The van der Waals surface area contributed by atoms with E-state index < -0.39 is 0 Å². The van der Waals surface area contributed by atoms with Crippen molar-refractivity contribution in [2.75, 3.05) is 45.8 Å². The highest BCUT2D eigenvalue weighted by atomic mass is 16.4. The number of fused-ring (bicyclic) bond motifs is 4. The van der Waals surface area contributed by atoms with Gasteiger partial charge in [0.25, 0.3) is 5.56 Å². The average Bonchev–Trinajstić information content (AvgIpc) is 2.94. The fraction of sp³-hybridized carbons (Fsp3) is 0.419. The van der Waals surface area contributed by atoms with E-state index in [0.717, 1.165) is 64.5 Å². The molecule has 5 heterocycles. The van der Waals surface area contributed by atoms with Crippen molar-refractivity contribution in [3.8, 4) is 5.75 Å². The molecule has 2 bridgehead atoms. The first-order valence-corrected chi connectivity index (χ1v) is 13.9. The second-order valence-electron chi connectivity index (χ2n) is 11.1. The average molecular weight is 529 g/mol. The lowest BCUT2D eigenvalue weighted by Gasteiger charge is -2.42. The number of pyridine rings is 1. The second kappa shape index (κ2) is 11.3. The van der Waals surface area contributed by atoms with Crippen molar-refractivity contribution in [1.29, 1.82) is 0 Å². The quantitative estimate of drug-likeness (QED) is 0.505. The Morgan fingerprint density at radius 3 is 2.49 bits per heavy atom. The minimum Gasteiger partial charge on any atom is -0.502 e. The molecule has 2 saturated heterocycles. The van der Waals surface area contributed by atoms with Crippen molar-refractivity contribution >= 4 is 6.08 Å². The minimum atomic E-state index is -0.384. The van der Waals surface area contributed by atoms with Crippen LogP contribution in [0.1, 0.15) is 35.1 Å². The molecule has 0 radical (unpaired) electrons. The summed E-state index contributed by atoms with van der Waals surface area (Å²) in [6.45, 7) is 7.80. The van der Waals surface area contributed by atoms with Crippen LogP contribution in [0.15, 0.2) is 74.7 Å². The molecule has 3 aliphatic heterocycles. The Balaban J connectivity index is 1.06. The summed E-state index contributed by atoms with van der Waals surface area (Å²) in [7, 11) is 0. The van der Waals surface area contributed by atoms with Gasteiger partial charge in [0.15, 0.2) is 5.76 Å². The molecule has 2 fully saturated rings. The molecule has 3 aliphatic rings. The fourth-order valence-electron chi connectivity index (χ4n) is 6.35. The Morgan fingerprint density at radius 1 is 0.872 bits per heavy atom. The van der Waals surface area contributed by atoms with E-state index in [-0.39, 0.29) is 16.7 Å². The van der Waals surface area contributed by atoms with Crippen LogP contribution in [0.2, 0.25) is 0 Å². The first kappa shape index (κ1) is 25.8. The van der Waals surface area contributed by atoms with Gasteiger partial charge in [-0.2, -0.15) is 0 Å². The van der Waals surface area contributed by atoms with Gasteiger partial charge in [0.1, 0.15) is 5.76 Å². The van der Waals surface area contributed by atoms with Gasteiger partial charge in [-0.15, -0.1) is 0 Å². The third-order valence-electron chi connectivity index (χ3n) is 8.28. The highest BCUT2D eigenvalue weighted by Gasteiger charge is 2.34. The topological polar surface area (TPSA) is 82.2 Å². The number of aromatic nitrogens is 1. The van der Waals surface area contributed by atoms with Crippen LogP contribution in [-0.4, -0.2) is 70.2 Å². The molecule has 204 valence electrons. The third kappa shape index (κ3) is 5.93. The van der Waals surface area contributed by atoms with Crippen molar-refractivity contribution in [1.82, 2.24) is 19.3 Å². The van der Waals surface area contributed by atoms with Gasteiger partial charge in [0.2, 0.25) is 11.2 Å². The number of piperidine rings is 1. The standard InChI is InChI=1S/C31H36N4O4/c36-28-17-26(21-34-18-24-16-25(20-34)27-9-4-10-30(37)35(27)19-24)39-29(31(28)38)22-33-14-12-32(13-15-33)11-5-8-23-6-2-1-3-7-23/h1-10,17,24-25,38H,11-16,18-22H2. The van der Waals surface area contributed by atoms with Gasteiger partial charge in [-0.3, -0.25) is 24.3 Å². The maximum Gasteiger partial charge on any atom is 0.250 e. The Hall–Kier alpha value is -3.46. The van der Waals surface area contributed by atoms with Gasteiger partial charge >= 0.3 is 0 Å². The molecule has 0 aliphatic carbocycles. The molecule has 8 nitrogen and oxygen atoms in total. The lowest BCUT2D eigenvalue weighted by atomic mass is 9.83. The van der Waals surface area contributed by atoms with Crippen LogP contribution in [0, 0.1) is 5.92 Å². The first-order chi connectivity index (χ1) is 19.0. The lowest BCUT2D eigenvalue weighted by molar-refractivity contribution is 0.103. The molecule has 0 saturated carbocycles. The van der Waals surface area contributed by atoms with Gasteiger partial charge in [0, 0.05) is 76.1 Å². The summed E-state index contributed by atoms with van der Waals surface area (Å²) in [6, 6.07) is 17.3. The number of hydrogen-bond donors (Lipinski definition) is 1. The molecule has 2 atom stereocenters. The van der Waals surface area contributed by atoms with Crippen molar-refractivity contribution in [2.45, 2.75) is 32.0 Å². The van der Waals surface area contributed by atoms with Crippen molar-refractivity contribution in [2.24, 2.45) is 5.92 Å². The van der Waals surface area contributed by atoms with Crippen molar-refractivity contribution < 1.29 is 9.52 Å². The molecular weight excluding hydrogens is 492 g/mol. The number of rotatable bonds is 7. The van der Waals surface area contributed by atoms with E-state index in [2.05, 4.69) is 45.1 Å². The van der Waals surface area contributed by atoms with Gasteiger partial charge in [-0.05, 0) is 24.0 Å². The summed E-state index contributed by atoms with van der Waals surface area (Å²) >= 11 is 0. The molecule has 6 rings (SSSR count). The van der Waals surface area contributed by atoms with E-state index in [9.17, 15) is 14.7 Å². The van der Waals surface area contributed by atoms with Crippen LogP contribution >= 0.6 is 0 Å². The predicted octanol–water partition coefficient (Wildman–Crippen LogP) is 2.96. The summed E-state index contributed by atoms with van der Waals surface area (Å²) in [5, 5.41) is 10.5. The Labute approximate surface area is 228 Å². The highest BCUT2D eigenvalue weighted by molar-refractivity contribution is 5.48. The fourth-order valence-corrected chi connectivity index (χ4v) is 6.35. The molecule has 0 spiro atoms. The molecule has 2 aromatic heterocycles. The van der Waals surface area contributed by atoms with E-state index in [1.165, 1.54) is 11.6 Å². The Morgan fingerprint density at radius 2 is 1.67 bits per heavy atom.